The second-order valence-corrected chi connectivity index (χ2v) is 13.6. The van der Waals surface area contributed by atoms with Gasteiger partial charge in [0.05, 0.1) is 11.0 Å². The third-order valence-corrected chi connectivity index (χ3v) is 10.9. The lowest BCUT2D eigenvalue weighted by atomic mass is 9.70. The van der Waals surface area contributed by atoms with E-state index in [0.717, 1.165) is 31.4 Å². The molecule has 0 aromatic heterocycles. The molecule has 9 rings (SSSR count). The zero-order valence-corrected chi connectivity index (χ0v) is 28.1. The Morgan fingerprint density at radius 2 is 0.958 bits per heavy atom. The summed E-state index contributed by atoms with van der Waals surface area (Å²) in [5.74, 6) is -0.327. The van der Waals surface area contributed by atoms with Crippen LogP contribution in [0.1, 0.15) is 38.2 Å². The third kappa shape index (κ3) is 4.34. The highest BCUT2D eigenvalue weighted by Crippen LogP contribution is 2.62. The lowest BCUT2D eigenvalue weighted by Gasteiger charge is -2.30. The summed E-state index contributed by atoms with van der Waals surface area (Å²) in [5, 5.41) is 0. The SMILES string of the molecule is O=C(OCc1ccccc1)c1ccccc1-c1cc(-c2ccc3c(c2)-c2ccccc2C32c3ccccc3-c3ccccc32)ccc1I. The summed E-state index contributed by atoms with van der Waals surface area (Å²) in [7, 11) is 0. The van der Waals surface area contributed by atoms with Crippen molar-refractivity contribution in [2.45, 2.75) is 12.0 Å². The topological polar surface area (TPSA) is 26.3 Å². The molecule has 0 aliphatic heterocycles. The minimum Gasteiger partial charge on any atom is -0.457 e. The van der Waals surface area contributed by atoms with Crippen LogP contribution in [0.4, 0.5) is 0 Å². The summed E-state index contributed by atoms with van der Waals surface area (Å²) < 4.78 is 6.84. The zero-order chi connectivity index (χ0) is 32.2. The van der Waals surface area contributed by atoms with E-state index in [0.29, 0.717) is 5.56 Å². The molecule has 228 valence electrons. The molecule has 2 aliphatic carbocycles. The standard InChI is InChI=1S/C45H29IO2/c46-43-25-23-31(27-38(43)32-14-4-5-18-36(32)44(47)48-28-29-12-2-1-3-13-29)30-22-24-42-37(26-30)35-17-8-11-21-41(35)45(42)39-19-9-6-15-33(39)34-16-7-10-20-40(34)45/h1-27H,28H2. The van der Waals surface area contributed by atoms with Gasteiger partial charge in [-0.2, -0.15) is 0 Å². The predicted octanol–water partition coefficient (Wildman–Crippen LogP) is 11.3. The molecule has 48 heavy (non-hydrogen) atoms. The highest BCUT2D eigenvalue weighted by Gasteiger charge is 2.51. The van der Waals surface area contributed by atoms with Gasteiger partial charge >= 0.3 is 5.97 Å². The van der Waals surface area contributed by atoms with Crippen molar-refractivity contribution in [3.05, 3.63) is 201 Å². The van der Waals surface area contributed by atoms with Crippen molar-refractivity contribution in [2.75, 3.05) is 0 Å². The maximum atomic E-state index is 13.4. The Hall–Kier alpha value is -5.26. The van der Waals surface area contributed by atoms with Gasteiger partial charge in [-0.25, -0.2) is 4.79 Å². The van der Waals surface area contributed by atoms with Gasteiger partial charge in [-0.15, -0.1) is 0 Å². The van der Waals surface area contributed by atoms with E-state index in [4.69, 9.17) is 4.74 Å². The fourth-order valence-electron chi connectivity index (χ4n) is 7.89. The van der Waals surface area contributed by atoms with Crippen molar-refractivity contribution in [2.24, 2.45) is 0 Å². The number of rotatable bonds is 5. The predicted molar refractivity (Wildman–Crippen MR) is 202 cm³/mol. The van der Waals surface area contributed by atoms with Crippen LogP contribution in [-0.2, 0) is 16.8 Å². The van der Waals surface area contributed by atoms with E-state index in [1.807, 2.05) is 54.6 Å². The molecular weight excluding hydrogens is 699 g/mol. The molecule has 0 saturated carbocycles. The van der Waals surface area contributed by atoms with Gasteiger partial charge < -0.3 is 4.74 Å². The number of fused-ring (bicyclic) bond motifs is 10. The third-order valence-electron chi connectivity index (χ3n) is 9.95. The Bertz CT molecular complexity index is 2340. The van der Waals surface area contributed by atoms with Crippen LogP contribution in [0.2, 0.25) is 0 Å². The van der Waals surface area contributed by atoms with Crippen molar-refractivity contribution in [1.29, 1.82) is 0 Å². The minimum atomic E-state index is -0.353. The maximum Gasteiger partial charge on any atom is 0.339 e. The summed E-state index contributed by atoms with van der Waals surface area (Å²) in [6.07, 6.45) is 0. The quantitative estimate of drug-likeness (QED) is 0.130. The monoisotopic (exact) mass is 728 g/mol. The Kier molecular flexibility index (Phi) is 6.91. The van der Waals surface area contributed by atoms with Crippen LogP contribution in [0, 0.1) is 3.57 Å². The van der Waals surface area contributed by atoms with Crippen LogP contribution in [0.5, 0.6) is 0 Å². The number of ether oxygens (including phenoxy) is 1. The molecule has 0 heterocycles. The largest absolute Gasteiger partial charge is 0.457 e. The second-order valence-electron chi connectivity index (χ2n) is 12.4. The van der Waals surface area contributed by atoms with E-state index in [9.17, 15) is 4.79 Å². The Morgan fingerprint density at radius 1 is 0.479 bits per heavy atom. The van der Waals surface area contributed by atoms with Gasteiger partial charge in [-0.3, -0.25) is 0 Å². The van der Waals surface area contributed by atoms with Crippen molar-refractivity contribution in [3.63, 3.8) is 0 Å². The first kappa shape index (κ1) is 28.9. The van der Waals surface area contributed by atoms with Gasteiger partial charge in [0.15, 0.2) is 0 Å². The van der Waals surface area contributed by atoms with Gasteiger partial charge in [0.1, 0.15) is 6.61 Å². The van der Waals surface area contributed by atoms with Gasteiger partial charge in [0.25, 0.3) is 0 Å². The number of hydrogen-bond donors (Lipinski definition) is 0. The maximum absolute atomic E-state index is 13.4. The Balaban J connectivity index is 1.15. The molecule has 0 saturated heterocycles. The van der Waals surface area contributed by atoms with E-state index >= 15 is 0 Å². The van der Waals surface area contributed by atoms with Crippen LogP contribution in [-0.4, -0.2) is 5.97 Å². The lowest BCUT2D eigenvalue weighted by molar-refractivity contribution is 0.0473. The van der Waals surface area contributed by atoms with Crippen LogP contribution in [0.15, 0.2) is 164 Å². The number of halogens is 1. The van der Waals surface area contributed by atoms with Crippen LogP contribution in [0.3, 0.4) is 0 Å². The molecule has 3 heteroatoms. The molecule has 0 fully saturated rings. The summed E-state index contributed by atoms with van der Waals surface area (Å²) in [6, 6.07) is 57.7. The van der Waals surface area contributed by atoms with E-state index in [2.05, 4.69) is 132 Å². The number of carbonyl (C=O) groups excluding carboxylic acids is 1. The fourth-order valence-corrected chi connectivity index (χ4v) is 8.51. The van der Waals surface area contributed by atoms with Crippen molar-refractivity contribution in [1.82, 2.24) is 0 Å². The van der Waals surface area contributed by atoms with Crippen LogP contribution < -0.4 is 0 Å². The van der Waals surface area contributed by atoms with E-state index in [-0.39, 0.29) is 18.0 Å². The van der Waals surface area contributed by atoms with Crippen molar-refractivity contribution in [3.8, 4) is 44.5 Å². The summed E-state index contributed by atoms with van der Waals surface area (Å²) in [4.78, 5) is 13.4. The van der Waals surface area contributed by atoms with E-state index < -0.39 is 0 Å². The average molecular weight is 729 g/mol. The number of esters is 1. The molecule has 0 unspecified atom stereocenters. The normalized spacial score (nSPS) is 13.0. The first-order valence-electron chi connectivity index (χ1n) is 16.2. The van der Waals surface area contributed by atoms with Crippen molar-refractivity contribution >= 4 is 28.6 Å². The second kappa shape index (κ2) is 11.5. The van der Waals surface area contributed by atoms with Crippen molar-refractivity contribution < 1.29 is 9.53 Å². The first-order valence-corrected chi connectivity index (χ1v) is 17.3. The van der Waals surface area contributed by atoms with Crippen LogP contribution in [0.25, 0.3) is 44.5 Å². The molecule has 7 aromatic carbocycles. The molecular formula is C45H29IO2. The number of hydrogen-bond acceptors (Lipinski definition) is 2. The van der Waals surface area contributed by atoms with Gasteiger partial charge in [0.2, 0.25) is 0 Å². The van der Waals surface area contributed by atoms with Crippen LogP contribution >= 0.6 is 22.6 Å². The summed E-state index contributed by atoms with van der Waals surface area (Å²) >= 11 is 2.37. The Labute approximate surface area is 293 Å². The smallest absolute Gasteiger partial charge is 0.339 e. The first-order chi connectivity index (χ1) is 23.6. The van der Waals surface area contributed by atoms with E-state index in [1.165, 1.54) is 44.5 Å². The summed E-state index contributed by atoms with van der Waals surface area (Å²) in [6.45, 7) is 0.234. The fraction of sp³-hybridized carbons (Fsp3) is 0.0444. The Morgan fingerprint density at radius 3 is 1.60 bits per heavy atom. The summed E-state index contributed by atoms with van der Waals surface area (Å²) in [5.41, 5.74) is 15.8. The molecule has 2 nitrogen and oxygen atoms in total. The molecule has 0 amide bonds. The highest BCUT2D eigenvalue weighted by atomic mass is 127. The number of carbonyl (C=O) groups is 1. The van der Waals surface area contributed by atoms with Gasteiger partial charge in [-0.1, -0.05) is 140 Å². The average Bonchev–Trinajstić information content (AvgIpc) is 3.61. The molecule has 0 bridgehead atoms. The molecule has 1 spiro atoms. The minimum absolute atomic E-state index is 0.234. The molecule has 0 N–H and O–H groups in total. The zero-order valence-electron chi connectivity index (χ0n) is 26.0. The molecule has 0 radical (unpaired) electrons. The van der Waals surface area contributed by atoms with E-state index in [1.54, 1.807) is 0 Å². The molecule has 7 aromatic rings. The highest BCUT2D eigenvalue weighted by molar-refractivity contribution is 14.1. The van der Waals surface area contributed by atoms with Gasteiger partial charge in [-0.05, 0) is 119 Å². The molecule has 2 aliphatic rings. The lowest BCUT2D eigenvalue weighted by Crippen LogP contribution is -2.25. The molecule has 0 atom stereocenters. The van der Waals surface area contributed by atoms with Gasteiger partial charge in [0, 0.05) is 3.57 Å². The number of benzene rings is 7.